The van der Waals surface area contributed by atoms with Gasteiger partial charge < -0.3 is 9.47 Å². The normalized spacial score (nSPS) is 19.9. The van der Waals surface area contributed by atoms with E-state index in [9.17, 15) is 22.8 Å². The molecule has 2 amide bonds. The lowest BCUT2D eigenvalue weighted by Gasteiger charge is -2.25. The van der Waals surface area contributed by atoms with Gasteiger partial charge in [-0.15, -0.1) is 11.3 Å². The number of halogens is 1. The van der Waals surface area contributed by atoms with Crippen LogP contribution in [-0.2, 0) is 30.6 Å². The van der Waals surface area contributed by atoms with Gasteiger partial charge in [-0.25, -0.2) is 18.2 Å². The molecule has 200 valence electrons. The highest BCUT2D eigenvalue weighted by molar-refractivity contribution is 7.98. The Balaban J connectivity index is 1.53. The quantitative estimate of drug-likeness (QED) is 0.215. The molecule has 0 bridgehead atoms. The van der Waals surface area contributed by atoms with Crippen LogP contribution in [0.3, 0.4) is 0 Å². The molecule has 12 heteroatoms. The summed E-state index contributed by atoms with van der Waals surface area (Å²) in [5.74, 6) is -0.750. The number of carbonyl (C=O) groups excluding carboxylic acids is 3. The number of carbonyl (C=O) groups is 3. The Hall–Kier alpha value is -3.02. The van der Waals surface area contributed by atoms with Crippen molar-refractivity contribution in [1.82, 2.24) is 4.90 Å². The van der Waals surface area contributed by atoms with Gasteiger partial charge in [0.2, 0.25) is 11.8 Å². The third-order valence-electron chi connectivity index (χ3n) is 6.63. The third-order valence-corrected chi connectivity index (χ3v) is 9.67. The molecule has 3 aliphatic heterocycles. The molecule has 5 rings (SSSR count). The smallest absolute Gasteiger partial charge is 0.434 e. The molecule has 3 aliphatic rings. The summed E-state index contributed by atoms with van der Waals surface area (Å²) in [5, 5.41) is 1.63. The van der Waals surface area contributed by atoms with Gasteiger partial charge in [-0.05, 0) is 36.1 Å². The molecule has 1 aromatic heterocycles. The first kappa shape index (κ1) is 26.6. The summed E-state index contributed by atoms with van der Waals surface area (Å²) in [7, 11) is -3.32. The van der Waals surface area contributed by atoms with E-state index in [4.69, 9.17) is 26.1 Å². The topological polar surface area (TPSA) is 119 Å². The minimum Gasteiger partial charge on any atom is -0.434 e. The Morgan fingerprint density at radius 1 is 1.16 bits per heavy atom. The maximum absolute atomic E-state index is 12.3. The van der Waals surface area contributed by atoms with Crippen LogP contribution in [0.5, 0.6) is 5.75 Å². The van der Waals surface area contributed by atoms with Gasteiger partial charge in [0.25, 0.3) is 0 Å². The van der Waals surface area contributed by atoms with Crippen molar-refractivity contribution in [2.24, 2.45) is 4.99 Å². The number of likely N-dealkylation sites (tertiary alicyclic amines) is 1. The molecule has 1 unspecified atom stereocenters. The number of sulfone groups is 1. The van der Waals surface area contributed by atoms with Gasteiger partial charge in [0.1, 0.15) is 10.4 Å². The second-order valence-electron chi connectivity index (χ2n) is 9.23. The summed E-state index contributed by atoms with van der Waals surface area (Å²) in [4.78, 5) is 42.3. The zero-order valence-electron chi connectivity index (χ0n) is 20.6. The number of thiophene rings is 1. The number of hydrogen-bond donors (Lipinski definition) is 0. The van der Waals surface area contributed by atoms with Gasteiger partial charge in [-0.1, -0.05) is 37.1 Å². The van der Waals surface area contributed by atoms with Crippen LogP contribution in [0, 0.1) is 0 Å². The molecule has 1 saturated heterocycles. The predicted octanol–water partition coefficient (Wildman–Crippen LogP) is 3.14. The van der Waals surface area contributed by atoms with E-state index < -0.39 is 21.9 Å². The Bertz CT molecular complexity index is 1560. The highest BCUT2D eigenvalue weighted by Gasteiger charge is 2.35. The van der Waals surface area contributed by atoms with Crippen LogP contribution in [0.25, 0.3) is 5.41 Å². The molecule has 0 aliphatic carbocycles. The number of hydrogen-bond acceptors (Lipinski definition) is 9. The molecule has 0 radical (unpaired) electrons. The Labute approximate surface area is 228 Å². The van der Waals surface area contributed by atoms with E-state index in [2.05, 4.69) is 0 Å². The third kappa shape index (κ3) is 5.27. The van der Waals surface area contributed by atoms with Crippen molar-refractivity contribution in [3.8, 4) is 5.75 Å². The van der Waals surface area contributed by atoms with Gasteiger partial charge in [0, 0.05) is 34.3 Å². The van der Waals surface area contributed by atoms with Crippen molar-refractivity contribution >= 4 is 56.2 Å². The summed E-state index contributed by atoms with van der Waals surface area (Å²) in [6, 6.07) is 6.81. The van der Waals surface area contributed by atoms with Crippen LogP contribution >= 0.6 is 22.9 Å². The molecule has 1 aromatic carbocycles. The molecule has 1 fully saturated rings. The fourth-order valence-corrected chi connectivity index (χ4v) is 7.77. The fraction of sp³-hybridized carbons (Fsp3) is 0.385. The van der Waals surface area contributed by atoms with Gasteiger partial charge >= 0.3 is 6.16 Å². The Kier molecular flexibility index (Phi) is 7.43. The molecule has 0 N–H and O–H groups in total. The average molecular weight is 577 g/mol. The molecule has 0 spiro atoms. The van der Waals surface area contributed by atoms with Crippen LogP contribution in [-0.4, -0.2) is 50.2 Å². The monoisotopic (exact) mass is 576 g/mol. The maximum Gasteiger partial charge on any atom is 0.513 e. The first-order valence-electron chi connectivity index (χ1n) is 12.3. The standard InChI is InChI=1S/C26H25ClN2O7S2/c1-2-3-11-35-26(32)36-16-6-4-15(5-7-16)22-23-17-10-12-38(33,34)14-19(17)37-25(23)28-18(24(22)27)13-29-20(30)8-9-21(29)31/h4-7,14,22H,2-3,8-13H2,1H3. The van der Waals surface area contributed by atoms with Gasteiger partial charge in [-0.2, -0.15) is 0 Å². The van der Waals surface area contributed by atoms with Crippen molar-refractivity contribution in [3.05, 3.63) is 60.9 Å². The minimum atomic E-state index is -3.32. The van der Waals surface area contributed by atoms with Crippen LogP contribution in [0.4, 0.5) is 4.79 Å². The first-order valence-corrected chi connectivity index (χ1v) is 15.2. The second kappa shape index (κ2) is 10.6. The Morgan fingerprint density at radius 3 is 2.55 bits per heavy atom. The number of allylic oxidation sites excluding steroid dienone is 1. The fourth-order valence-electron chi connectivity index (χ4n) is 4.68. The van der Waals surface area contributed by atoms with Crippen LogP contribution in [0.2, 0.25) is 0 Å². The summed E-state index contributed by atoms with van der Waals surface area (Å²) < 4.78 is 36.1. The van der Waals surface area contributed by atoms with E-state index in [1.54, 1.807) is 24.3 Å². The van der Waals surface area contributed by atoms with E-state index in [-0.39, 0.29) is 43.6 Å². The number of benzene rings is 1. The van der Waals surface area contributed by atoms with Crippen LogP contribution in [0.15, 0.2) is 40.0 Å². The largest absolute Gasteiger partial charge is 0.513 e. The zero-order valence-corrected chi connectivity index (χ0v) is 23.0. The lowest BCUT2D eigenvalue weighted by atomic mass is 9.87. The molecule has 38 heavy (non-hydrogen) atoms. The van der Waals surface area contributed by atoms with Gasteiger partial charge in [-0.3, -0.25) is 14.5 Å². The molecule has 1 atom stereocenters. The molecular weight excluding hydrogens is 552 g/mol. The van der Waals surface area contributed by atoms with E-state index in [0.29, 0.717) is 32.1 Å². The number of nitrogens with zero attached hydrogens (tertiary/aromatic N) is 2. The van der Waals surface area contributed by atoms with E-state index >= 15 is 0 Å². The second-order valence-corrected chi connectivity index (χ2v) is 12.6. The average Bonchev–Trinajstić information content (AvgIpc) is 3.38. The van der Waals surface area contributed by atoms with Crippen molar-refractivity contribution in [1.29, 1.82) is 0 Å². The molecule has 9 nitrogen and oxygen atoms in total. The highest BCUT2D eigenvalue weighted by atomic mass is 35.5. The number of amides is 2. The van der Waals surface area contributed by atoms with E-state index in [0.717, 1.165) is 34.4 Å². The highest BCUT2D eigenvalue weighted by Crippen LogP contribution is 2.40. The number of ether oxygens (including phenoxy) is 2. The van der Waals surface area contributed by atoms with E-state index in [1.807, 2.05) is 6.92 Å². The lowest BCUT2D eigenvalue weighted by molar-refractivity contribution is -0.137. The number of rotatable bonds is 7. The van der Waals surface area contributed by atoms with Crippen LogP contribution in [0.1, 0.15) is 55.2 Å². The zero-order chi connectivity index (χ0) is 27.0. The Morgan fingerprint density at radius 2 is 1.87 bits per heavy atom. The molecule has 2 aromatic rings. The van der Waals surface area contributed by atoms with Crippen molar-refractivity contribution < 1.29 is 32.3 Å². The summed E-state index contributed by atoms with van der Waals surface area (Å²) in [6.07, 6.45) is 1.49. The number of fused-ring (bicyclic) bond motifs is 3. The summed E-state index contributed by atoms with van der Waals surface area (Å²) >= 11 is 8.20. The minimum absolute atomic E-state index is 0.00616. The summed E-state index contributed by atoms with van der Waals surface area (Å²) in [6.45, 7) is 2.22. The number of unbranched alkanes of at least 4 members (excludes halogenated alkanes) is 1. The first-order chi connectivity index (χ1) is 18.2. The SMILES string of the molecule is CCCCOC(=O)Oc1ccc(C2C(Cl)=C(CN3C(=O)CCC3=O)N=c3sc4c(c32)CCS(=O)(=O)C=4)cc1. The van der Waals surface area contributed by atoms with Crippen LogP contribution < -0.4 is 13.9 Å². The molecule has 4 heterocycles. The molecule has 0 saturated carbocycles. The molecular formula is C26H25ClN2O7S2. The van der Waals surface area contributed by atoms with Crippen molar-refractivity contribution in [2.45, 2.75) is 44.9 Å². The van der Waals surface area contributed by atoms with Gasteiger partial charge in [0.15, 0.2) is 9.84 Å². The lowest BCUT2D eigenvalue weighted by Crippen LogP contribution is -2.32. The van der Waals surface area contributed by atoms with E-state index in [1.165, 1.54) is 16.7 Å². The van der Waals surface area contributed by atoms with Crippen molar-refractivity contribution in [3.63, 3.8) is 0 Å². The maximum atomic E-state index is 12.3. The predicted molar refractivity (Wildman–Crippen MR) is 141 cm³/mol. The summed E-state index contributed by atoms with van der Waals surface area (Å²) in [5.41, 5.74) is 2.84. The van der Waals surface area contributed by atoms with Gasteiger partial charge in [0.05, 0.1) is 29.6 Å². The number of imide groups is 1. The van der Waals surface area contributed by atoms with Crippen molar-refractivity contribution in [2.75, 3.05) is 18.9 Å².